The van der Waals surface area contributed by atoms with Gasteiger partial charge in [0.2, 0.25) is 5.91 Å². The van der Waals surface area contributed by atoms with E-state index < -0.39 is 11.6 Å². The third-order valence-electron chi connectivity index (χ3n) is 7.09. The lowest BCUT2D eigenvalue weighted by Crippen LogP contribution is -2.36. The Morgan fingerprint density at radius 1 is 0.441 bits per heavy atom. The minimum absolute atomic E-state index is 0.0152. The normalized spacial score (nSPS) is 11.6. The number of carboxylic acids is 1. The third kappa shape index (κ3) is 48.2. The highest BCUT2D eigenvalue weighted by Gasteiger charge is 2.19. The van der Waals surface area contributed by atoms with Crippen molar-refractivity contribution in [2.75, 3.05) is 192 Å². The maximum atomic E-state index is 11.9. The largest absolute Gasteiger partial charge is 0.481 e. The quantitative estimate of drug-likeness (QED) is 0.0829. The van der Waals surface area contributed by atoms with E-state index in [2.05, 4.69) is 5.32 Å². The van der Waals surface area contributed by atoms with Crippen LogP contribution in [0.15, 0.2) is 0 Å². The first kappa shape index (κ1) is 56.7. The van der Waals surface area contributed by atoms with Gasteiger partial charge in [-0.25, -0.2) is 4.79 Å². The van der Waals surface area contributed by atoms with Crippen LogP contribution in [0.3, 0.4) is 0 Å². The molecule has 0 rings (SSSR count). The minimum Gasteiger partial charge on any atom is -0.481 e. The number of hydrogen-bond donors (Lipinski definition) is 2. The molecule has 350 valence electrons. The van der Waals surface area contributed by atoms with Crippen molar-refractivity contribution in [1.82, 2.24) is 10.2 Å². The van der Waals surface area contributed by atoms with Gasteiger partial charge in [-0.2, -0.15) is 0 Å². The van der Waals surface area contributed by atoms with E-state index in [-0.39, 0.29) is 24.8 Å². The van der Waals surface area contributed by atoms with E-state index in [1.54, 1.807) is 7.05 Å². The van der Waals surface area contributed by atoms with Crippen molar-refractivity contribution in [3.63, 3.8) is 0 Å². The molecule has 0 bridgehead atoms. The smallest absolute Gasteiger partial charge is 0.410 e. The number of carbonyl (C=O) groups excluding carboxylic acids is 2. The van der Waals surface area contributed by atoms with E-state index in [0.29, 0.717) is 191 Å². The minimum atomic E-state index is -0.987. The standard InChI is InChI=1S/C39H76N2O18/c1-39(2,3)59-38(45)41(4)9-11-47-13-15-49-17-19-51-21-23-53-25-27-55-29-31-57-33-35-58-34-32-56-30-28-54-26-24-52-22-20-50-18-16-48-14-12-46-10-5-8-40-36(42)6-7-37(43)44/h5-35H2,1-4H3,(H,40,42)(H,43,44). The van der Waals surface area contributed by atoms with Crippen LogP contribution in [0.4, 0.5) is 4.79 Å². The lowest BCUT2D eigenvalue weighted by molar-refractivity contribution is -0.138. The van der Waals surface area contributed by atoms with Crippen LogP contribution in [-0.4, -0.2) is 225 Å². The zero-order chi connectivity index (χ0) is 43.3. The van der Waals surface area contributed by atoms with E-state index in [4.69, 9.17) is 71.4 Å². The molecule has 0 aromatic carbocycles. The molecule has 2 N–H and O–H groups in total. The summed E-state index contributed by atoms with van der Waals surface area (Å²) in [7, 11) is 1.68. The number of rotatable bonds is 46. The summed E-state index contributed by atoms with van der Waals surface area (Å²) in [6.07, 6.45) is 0.0903. The monoisotopic (exact) mass is 861 g/mol. The first-order valence-corrected chi connectivity index (χ1v) is 20.5. The second-order valence-corrected chi connectivity index (χ2v) is 13.5. The van der Waals surface area contributed by atoms with Crippen molar-refractivity contribution in [1.29, 1.82) is 0 Å². The van der Waals surface area contributed by atoms with Gasteiger partial charge in [-0.3, -0.25) is 9.59 Å². The Labute approximate surface area is 351 Å². The summed E-state index contributed by atoms with van der Waals surface area (Å²) in [6.45, 7) is 18.5. The van der Waals surface area contributed by atoms with Crippen molar-refractivity contribution in [3.8, 4) is 0 Å². The molecule has 0 radical (unpaired) electrons. The van der Waals surface area contributed by atoms with E-state index in [9.17, 15) is 14.4 Å². The van der Waals surface area contributed by atoms with Crippen LogP contribution >= 0.6 is 0 Å². The molecule has 0 saturated heterocycles. The second kappa shape index (κ2) is 43.8. The van der Waals surface area contributed by atoms with Gasteiger partial charge in [-0.15, -0.1) is 0 Å². The van der Waals surface area contributed by atoms with Crippen LogP contribution in [0.25, 0.3) is 0 Å². The number of ether oxygens (including phenoxy) is 14. The molecule has 0 unspecified atom stereocenters. The van der Waals surface area contributed by atoms with Gasteiger partial charge in [0.25, 0.3) is 0 Å². The summed E-state index contributed by atoms with van der Waals surface area (Å²) in [5, 5.41) is 11.2. The fourth-order valence-electron chi connectivity index (χ4n) is 4.08. The summed E-state index contributed by atoms with van der Waals surface area (Å²) < 4.78 is 76.4. The van der Waals surface area contributed by atoms with Gasteiger partial charge in [0, 0.05) is 33.2 Å². The average molecular weight is 861 g/mol. The van der Waals surface area contributed by atoms with E-state index in [1.165, 1.54) is 4.90 Å². The van der Waals surface area contributed by atoms with Crippen LogP contribution in [0, 0.1) is 0 Å². The number of amides is 2. The Balaban J connectivity index is 3.15. The van der Waals surface area contributed by atoms with Crippen molar-refractivity contribution in [3.05, 3.63) is 0 Å². The molecule has 20 heteroatoms. The number of hydrogen-bond acceptors (Lipinski definition) is 17. The first-order valence-electron chi connectivity index (χ1n) is 20.5. The Morgan fingerprint density at radius 3 is 0.983 bits per heavy atom. The maximum absolute atomic E-state index is 11.9. The van der Waals surface area contributed by atoms with Gasteiger partial charge in [0.15, 0.2) is 0 Å². The second-order valence-electron chi connectivity index (χ2n) is 13.5. The Morgan fingerprint density at radius 2 is 0.712 bits per heavy atom. The molecule has 0 aliphatic rings. The molecule has 0 atom stereocenters. The topological polar surface area (TPSA) is 216 Å². The van der Waals surface area contributed by atoms with Crippen LogP contribution in [0.2, 0.25) is 0 Å². The number of aliphatic carboxylic acids is 1. The molecular weight excluding hydrogens is 784 g/mol. The summed E-state index contributed by atoms with van der Waals surface area (Å²) in [4.78, 5) is 35.2. The predicted octanol–water partition coefficient (Wildman–Crippen LogP) is 1.44. The summed E-state index contributed by atoms with van der Waals surface area (Å²) in [5.74, 6) is -1.26. The highest BCUT2D eigenvalue weighted by Crippen LogP contribution is 2.08. The Hall–Kier alpha value is -2.31. The molecule has 0 heterocycles. The highest BCUT2D eigenvalue weighted by atomic mass is 16.6. The number of nitrogens with zero attached hydrogens (tertiary/aromatic N) is 1. The molecule has 0 saturated carbocycles. The Bertz CT molecular complexity index is 946. The van der Waals surface area contributed by atoms with Gasteiger partial charge in [0.1, 0.15) is 5.60 Å². The highest BCUT2D eigenvalue weighted by molar-refractivity contribution is 5.80. The zero-order valence-electron chi connectivity index (χ0n) is 36.3. The Kier molecular flexibility index (Phi) is 42.1. The SMILES string of the molecule is CN(CCOCCOCCOCCOCCOCCOCCOCCOCCOCCOCCOCCOCCOCCCNC(=O)CCC(=O)O)C(=O)OC(C)(C)C. The molecular formula is C39H76N2O18. The van der Waals surface area contributed by atoms with Crippen molar-refractivity contribution < 1.29 is 85.8 Å². The van der Waals surface area contributed by atoms with Gasteiger partial charge in [-0.05, 0) is 27.2 Å². The van der Waals surface area contributed by atoms with Gasteiger partial charge in [0.05, 0.1) is 172 Å². The van der Waals surface area contributed by atoms with E-state index in [0.717, 1.165) is 0 Å². The fourth-order valence-corrected chi connectivity index (χ4v) is 4.08. The lowest BCUT2D eigenvalue weighted by atomic mass is 10.2. The van der Waals surface area contributed by atoms with Crippen molar-refractivity contribution in [2.24, 2.45) is 0 Å². The van der Waals surface area contributed by atoms with Crippen LogP contribution in [0.5, 0.6) is 0 Å². The molecule has 20 nitrogen and oxygen atoms in total. The van der Waals surface area contributed by atoms with Crippen molar-refractivity contribution >= 4 is 18.0 Å². The van der Waals surface area contributed by atoms with Gasteiger partial charge in [-0.1, -0.05) is 0 Å². The summed E-state index contributed by atoms with van der Waals surface area (Å²) in [6, 6.07) is 0. The molecule has 0 aromatic heterocycles. The van der Waals surface area contributed by atoms with Gasteiger partial charge < -0.3 is 81.6 Å². The van der Waals surface area contributed by atoms with Crippen molar-refractivity contribution in [2.45, 2.75) is 45.6 Å². The molecule has 59 heavy (non-hydrogen) atoms. The van der Waals surface area contributed by atoms with Crippen LogP contribution in [0.1, 0.15) is 40.0 Å². The average Bonchev–Trinajstić information content (AvgIpc) is 3.19. The molecule has 0 fully saturated rings. The van der Waals surface area contributed by atoms with Gasteiger partial charge >= 0.3 is 12.1 Å². The third-order valence-corrected chi connectivity index (χ3v) is 7.09. The molecule has 2 amide bonds. The van der Waals surface area contributed by atoms with E-state index in [1.807, 2.05) is 20.8 Å². The van der Waals surface area contributed by atoms with Crippen LogP contribution < -0.4 is 5.32 Å². The number of carboxylic acid groups (broad SMARTS) is 1. The fraction of sp³-hybridized carbons (Fsp3) is 0.923. The summed E-state index contributed by atoms with van der Waals surface area (Å²) in [5.41, 5.74) is -0.518. The molecule has 0 aliphatic carbocycles. The molecule has 0 spiro atoms. The summed E-state index contributed by atoms with van der Waals surface area (Å²) >= 11 is 0. The maximum Gasteiger partial charge on any atom is 0.410 e. The first-order chi connectivity index (χ1) is 28.6. The van der Waals surface area contributed by atoms with Crippen LogP contribution in [-0.2, 0) is 75.9 Å². The number of nitrogens with one attached hydrogen (secondary N) is 1. The number of carbonyl (C=O) groups is 3. The van der Waals surface area contributed by atoms with E-state index >= 15 is 0 Å². The molecule has 0 aromatic rings. The predicted molar refractivity (Wildman–Crippen MR) is 214 cm³/mol. The zero-order valence-corrected chi connectivity index (χ0v) is 36.3. The number of likely N-dealkylation sites (N-methyl/N-ethyl adjacent to an activating group) is 1. The lowest BCUT2D eigenvalue weighted by Gasteiger charge is -2.24. The molecule has 0 aliphatic heterocycles.